The summed E-state index contributed by atoms with van der Waals surface area (Å²) < 4.78 is 0. The van der Waals surface area contributed by atoms with Crippen LogP contribution < -0.4 is 10.6 Å². The molecule has 0 unspecified atom stereocenters. The van der Waals surface area contributed by atoms with Gasteiger partial charge in [-0.05, 0) is 56.2 Å². The molecule has 0 spiro atoms. The molecule has 1 aromatic heterocycles. The van der Waals surface area contributed by atoms with E-state index in [1.165, 1.54) is 0 Å². The molecular weight excluding hydrogens is 402 g/mol. The molecule has 0 aliphatic carbocycles. The molecule has 0 bridgehead atoms. The highest BCUT2D eigenvalue weighted by atomic mass is 32.2. The van der Waals surface area contributed by atoms with Crippen molar-refractivity contribution in [1.82, 2.24) is 10.3 Å². The number of aromatic nitrogens is 1. The molecule has 3 aromatic rings. The highest BCUT2D eigenvalue weighted by Gasteiger charge is 2.11. The number of hydrogen-bond acceptors (Lipinski definition) is 5. The quantitative estimate of drug-likeness (QED) is 0.537. The van der Waals surface area contributed by atoms with E-state index in [9.17, 15) is 9.59 Å². The van der Waals surface area contributed by atoms with Gasteiger partial charge in [-0.15, -0.1) is 23.1 Å². The number of rotatable bonds is 7. The maximum absolute atomic E-state index is 12.3. The van der Waals surface area contributed by atoms with Gasteiger partial charge in [0.2, 0.25) is 5.91 Å². The minimum absolute atomic E-state index is 0.0771. The third-order valence-corrected chi connectivity index (χ3v) is 6.19. The summed E-state index contributed by atoms with van der Waals surface area (Å²) in [6.07, 6.45) is 0. The highest BCUT2D eigenvalue weighted by molar-refractivity contribution is 7.98. The Bertz CT molecular complexity index is 993. The predicted molar refractivity (Wildman–Crippen MR) is 120 cm³/mol. The first kappa shape index (κ1) is 21.1. The first-order chi connectivity index (χ1) is 13.9. The largest absolute Gasteiger partial charge is 0.343 e. The number of hydrogen-bond donors (Lipinski definition) is 2. The van der Waals surface area contributed by atoms with E-state index in [0.717, 1.165) is 38.2 Å². The summed E-state index contributed by atoms with van der Waals surface area (Å²) in [5.41, 5.74) is 4.37. The van der Waals surface area contributed by atoms with E-state index in [1.807, 2.05) is 51.1 Å². The van der Waals surface area contributed by atoms with Crippen LogP contribution in [-0.4, -0.2) is 23.3 Å². The Kier molecular flexibility index (Phi) is 7.06. The average molecular weight is 426 g/mol. The first-order valence-electron chi connectivity index (χ1n) is 9.20. The number of carbonyl (C=O) groups is 2. The smallest absolute Gasteiger partial charge is 0.251 e. The number of amides is 2. The van der Waals surface area contributed by atoms with Gasteiger partial charge in [0.1, 0.15) is 0 Å². The van der Waals surface area contributed by atoms with Gasteiger partial charge < -0.3 is 10.6 Å². The van der Waals surface area contributed by atoms with Crippen LogP contribution in [0, 0.1) is 20.8 Å². The molecular formula is C22H23N3O2S2. The fourth-order valence-corrected chi connectivity index (χ4v) is 4.30. The number of aryl methyl sites for hydroxylation is 3. The number of anilines is 1. The van der Waals surface area contributed by atoms with Gasteiger partial charge >= 0.3 is 0 Å². The van der Waals surface area contributed by atoms with Crippen molar-refractivity contribution < 1.29 is 9.59 Å². The summed E-state index contributed by atoms with van der Waals surface area (Å²) in [6, 6.07) is 13.2. The average Bonchev–Trinajstić information content (AvgIpc) is 3.13. The lowest BCUT2D eigenvalue weighted by Gasteiger charge is -2.12. The Labute approximate surface area is 179 Å². The van der Waals surface area contributed by atoms with Crippen molar-refractivity contribution in [3.8, 4) is 0 Å². The maximum Gasteiger partial charge on any atom is 0.251 e. The van der Waals surface area contributed by atoms with Crippen molar-refractivity contribution in [1.29, 1.82) is 0 Å². The summed E-state index contributed by atoms with van der Waals surface area (Å²) in [7, 11) is 0. The fourth-order valence-electron chi connectivity index (χ4n) is 2.79. The lowest BCUT2D eigenvalue weighted by molar-refractivity contribution is -0.115. The third-order valence-electron chi connectivity index (χ3n) is 4.32. The highest BCUT2D eigenvalue weighted by Crippen LogP contribution is 2.24. The Morgan fingerprint density at radius 1 is 1.03 bits per heavy atom. The van der Waals surface area contributed by atoms with Gasteiger partial charge in [0, 0.05) is 27.3 Å². The van der Waals surface area contributed by atoms with Crippen molar-refractivity contribution in [2.75, 3.05) is 11.9 Å². The first-order valence-corrected chi connectivity index (χ1v) is 11.1. The molecule has 150 valence electrons. The topological polar surface area (TPSA) is 71.1 Å². The van der Waals surface area contributed by atoms with Gasteiger partial charge in [0.05, 0.1) is 17.2 Å². The molecule has 2 N–H and O–H groups in total. The number of nitrogens with one attached hydrogen (secondary N) is 2. The molecule has 0 saturated carbocycles. The van der Waals surface area contributed by atoms with Crippen LogP contribution >= 0.6 is 23.1 Å². The molecule has 0 aliphatic rings. The second-order valence-electron chi connectivity index (χ2n) is 6.67. The van der Waals surface area contributed by atoms with Gasteiger partial charge in [-0.25, -0.2) is 4.98 Å². The van der Waals surface area contributed by atoms with Crippen molar-refractivity contribution in [3.63, 3.8) is 0 Å². The molecule has 1 heterocycles. The van der Waals surface area contributed by atoms with Crippen LogP contribution in [0.15, 0.2) is 52.7 Å². The summed E-state index contributed by atoms with van der Waals surface area (Å²) >= 11 is 3.32. The van der Waals surface area contributed by atoms with E-state index in [-0.39, 0.29) is 18.4 Å². The minimum atomic E-state index is -0.270. The molecule has 7 heteroatoms. The fraction of sp³-hybridized carbons (Fsp3) is 0.227. The molecule has 5 nitrogen and oxygen atoms in total. The maximum atomic E-state index is 12.3. The second-order valence-corrected chi connectivity index (χ2v) is 8.78. The molecule has 0 saturated heterocycles. The van der Waals surface area contributed by atoms with E-state index in [1.54, 1.807) is 35.2 Å². The molecule has 0 radical (unpaired) electrons. The summed E-state index contributed by atoms with van der Waals surface area (Å²) in [5, 5.41) is 8.67. The van der Waals surface area contributed by atoms with Crippen LogP contribution in [0.2, 0.25) is 0 Å². The van der Waals surface area contributed by atoms with Crippen LogP contribution in [0.1, 0.15) is 32.2 Å². The standard InChI is InChI=1S/C22H23N3O2S2/c1-14-5-4-6-15(2)21(14)25-20(26)11-23-22(27)17-7-9-19(10-8-17)29-13-18-12-28-16(3)24-18/h4-10,12H,11,13H2,1-3H3,(H,23,27)(H,25,26). The summed E-state index contributed by atoms with van der Waals surface area (Å²) in [4.78, 5) is 30.0. The summed E-state index contributed by atoms with van der Waals surface area (Å²) in [5.74, 6) is 0.281. The normalized spacial score (nSPS) is 10.6. The molecule has 0 fully saturated rings. The molecule has 0 aliphatic heterocycles. The SMILES string of the molecule is Cc1nc(CSc2ccc(C(=O)NCC(=O)Nc3c(C)cccc3C)cc2)cs1. The molecule has 3 rings (SSSR count). The van der Waals surface area contributed by atoms with Gasteiger partial charge in [-0.2, -0.15) is 0 Å². The van der Waals surface area contributed by atoms with Gasteiger partial charge in [-0.3, -0.25) is 9.59 Å². The molecule has 29 heavy (non-hydrogen) atoms. The Hall–Kier alpha value is -2.64. The zero-order valence-corrected chi connectivity index (χ0v) is 18.2. The van der Waals surface area contributed by atoms with Crippen molar-refractivity contribution in [2.24, 2.45) is 0 Å². The lowest BCUT2D eigenvalue weighted by atomic mass is 10.1. The predicted octanol–water partition coefficient (Wildman–Crippen LogP) is 4.73. The molecule has 2 aromatic carbocycles. The monoisotopic (exact) mass is 425 g/mol. The lowest BCUT2D eigenvalue weighted by Crippen LogP contribution is -2.33. The number of thiazole rings is 1. The van der Waals surface area contributed by atoms with Crippen LogP contribution in [0.5, 0.6) is 0 Å². The van der Waals surface area contributed by atoms with Crippen molar-refractivity contribution in [2.45, 2.75) is 31.4 Å². The second kappa shape index (κ2) is 9.71. The van der Waals surface area contributed by atoms with Crippen LogP contribution in [-0.2, 0) is 10.5 Å². The van der Waals surface area contributed by atoms with Gasteiger partial charge in [0.25, 0.3) is 5.91 Å². The van der Waals surface area contributed by atoms with E-state index < -0.39 is 0 Å². The molecule has 2 amide bonds. The van der Waals surface area contributed by atoms with Gasteiger partial charge in [0.15, 0.2) is 0 Å². The van der Waals surface area contributed by atoms with Crippen LogP contribution in [0.3, 0.4) is 0 Å². The minimum Gasteiger partial charge on any atom is -0.343 e. The zero-order chi connectivity index (χ0) is 20.8. The zero-order valence-electron chi connectivity index (χ0n) is 16.6. The summed E-state index contributed by atoms with van der Waals surface area (Å²) in [6.45, 7) is 5.80. The van der Waals surface area contributed by atoms with E-state index in [2.05, 4.69) is 21.0 Å². The van der Waals surface area contributed by atoms with E-state index in [0.29, 0.717) is 5.56 Å². The van der Waals surface area contributed by atoms with Crippen LogP contribution in [0.4, 0.5) is 5.69 Å². The number of thioether (sulfide) groups is 1. The Balaban J connectivity index is 1.49. The third kappa shape index (κ3) is 5.92. The Morgan fingerprint density at radius 2 is 1.72 bits per heavy atom. The van der Waals surface area contributed by atoms with E-state index in [4.69, 9.17) is 0 Å². The van der Waals surface area contributed by atoms with Crippen LogP contribution in [0.25, 0.3) is 0 Å². The number of carbonyl (C=O) groups excluding carboxylic acids is 2. The Morgan fingerprint density at radius 3 is 2.34 bits per heavy atom. The van der Waals surface area contributed by atoms with E-state index >= 15 is 0 Å². The van der Waals surface area contributed by atoms with Crippen molar-refractivity contribution in [3.05, 3.63) is 75.2 Å². The number of benzene rings is 2. The molecule has 0 atom stereocenters. The van der Waals surface area contributed by atoms with Gasteiger partial charge in [-0.1, -0.05) is 18.2 Å². The number of nitrogens with zero attached hydrogens (tertiary/aromatic N) is 1. The number of para-hydroxylation sites is 1. The van der Waals surface area contributed by atoms with Crippen molar-refractivity contribution >= 4 is 40.6 Å².